The molecule has 26 heavy (non-hydrogen) atoms. The first-order valence-electron chi connectivity index (χ1n) is 8.31. The van der Waals surface area contributed by atoms with E-state index in [4.69, 9.17) is 20.1 Å². The third-order valence-corrected chi connectivity index (χ3v) is 3.80. The van der Waals surface area contributed by atoms with Gasteiger partial charge in [0.1, 0.15) is 12.1 Å². The molecular formula is C16H24N6O4. The number of rotatable bonds is 3. The van der Waals surface area contributed by atoms with Crippen molar-refractivity contribution in [3.05, 3.63) is 29.5 Å². The van der Waals surface area contributed by atoms with Gasteiger partial charge in [-0.2, -0.15) is 0 Å². The van der Waals surface area contributed by atoms with Crippen molar-refractivity contribution in [2.75, 3.05) is 6.54 Å². The SMILES string of the molecule is CC(=O)O.CC(C)c1nnc2n1[C@@H](C)CN(C(=O)c1coc(CN)n1)C2. The van der Waals surface area contributed by atoms with Gasteiger partial charge in [0.05, 0.1) is 19.1 Å². The molecule has 3 N–H and O–H groups in total. The van der Waals surface area contributed by atoms with Gasteiger partial charge in [0.15, 0.2) is 11.5 Å². The summed E-state index contributed by atoms with van der Waals surface area (Å²) in [4.78, 5) is 27.3. The first kappa shape index (κ1) is 19.6. The van der Waals surface area contributed by atoms with Crippen LogP contribution >= 0.6 is 0 Å². The molecule has 10 heteroatoms. The van der Waals surface area contributed by atoms with E-state index in [1.54, 1.807) is 4.90 Å². The number of aliphatic carboxylic acids is 1. The molecule has 2 aromatic heterocycles. The Morgan fingerprint density at radius 3 is 2.62 bits per heavy atom. The minimum Gasteiger partial charge on any atom is -0.481 e. The first-order valence-corrected chi connectivity index (χ1v) is 8.31. The molecule has 0 fully saturated rings. The molecule has 0 saturated heterocycles. The molecule has 10 nitrogen and oxygen atoms in total. The Labute approximate surface area is 151 Å². The molecule has 0 unspecified atom stereocenters. The van der Waals surface area contributed by atoms with E-state index in [1.807, 2.05) is 0 Å². The number of carboxylic acids is 1. The van der Waals surface area contributed by atoms with E-state index in [2.05, 4.69) is 40.5 Å². The molecule has 0 bridgehead atoms. The van der Waals surface area contributed by atoms with Crippen LogP contribution in [0.4, 0.5) is 0 Å². The van der Waals surface area contributed by atoms with Crippen LogP contribution in [0.2, 0.25) is 0 Å². The van der Waals surface area contributed by atoms with Crippen molar-refractivity contribution in [2.24, 2.45) is 5.73 Å². The molecule has 1 aliphatic rings. The molecule has 0 aliphatic carbocycles. The Morgan fingerprint density at radius 2 is 2.08 bits per heavy atom. The van der Waals surface area contributed by atoms with Gasteiger partial charge >= 0.3 is 0 Å². The number of carbonyl (C=O) groups is 2. The van der Waals surface area contributed by atoms with Gasteiger partial charge in [-0.3, -0.25) is 9.59 Å². The lowest BCUT2D eigenvalue weighted by Gasteiger charge is -2.32. The zero-order valence-corrected chi connectivity index (χ0v) is 15.3. The Morgan fingerprint density at radius 1 is 1.42 bits per heavy atom. The normalized spacial score (nSPS) is 16.1. The van der Waals surface area contributed by atoms with Crippen molar-refractivity contribution in [3.63, 3.8) is 0 Å². The summed E-state index contributed by atoms with van der Waals surface area (Å²) in [6, 6.07) is 0.126. The standard InChI is InChI=1S/C14H20N6O2.C2H4O2/c1-8(2)13-18-17-11-6-19(5-9(3)20(11)13)14(21)10-7-22-12(4-15)16-10;1-2(3)4/h7-9H,4-6,15H2,1-3H3;1H3,(H,3,4)/t9-;/m0./s1. The zero-order chi connectivity index (χ0) is 19.4. The summed E-state index contributed by atoms with van der Waals surface area (Å²) in [5, 5.41) is 15.9. The molecule has 1 amide bonds. The maximum atomic E-state index is 12.5. The van der Waals surface area contributed by atoms with Crippen LogP contribution in [0.5, 0.6) is 0 Å². The van der Waals surface area contributed by atoms with Gasteiger partial charge in [-0.15, -0.1) is 10.2 Å². The maximum Gasteiger partial charge on any atom is 0.300 e. The second kappa shape index (κ2) is 8.09. The summed E-state index contributed by atoms with van der Waals surface area (Å²) < 4.78 is 7.27. The molecule has 142 valence electrons. The van der Waals surface area contributed by atoms with E-state index in [1.165, 1.54) is 6.26 Å². The Bertz CT molecular complexity index is 778. The van der Waals surface area contributed by atoms with Crippen molar-refractivity contribution in [1.29, 1.82) is 0 Å². The summed E-state index contributed by atoms with van der Waals surface area (Å²) in [6.07, 6.45) is 1.36. The van der Waals surface area contributed by atoms with Crippen molar-refractivity contribution in [3.8, 4) is 0 Å². The Hall–Kier alpha value is -2.75. The lowest BCUT2D eigenvalue weighted by molar-refractivity contribution is -0.134. The third kappa shape index (κ3) is 4.26. The first-order chi connectivity index (χ1) is 12.2. The van der Waals surface area contributed by atoms with Gasteiger partial charge in [0.2, 0.25) is 5.89 Å². The number of hydrogen-bond acceptors (Lipinski definition) is 7. The van der Waals surface area contributed by atoms with Crippen LogP contribution in [0, 0.1) is 0 Å². The molecule has 0 spiro atoms. The minimum absolute atomic E-state index is 0.126. The van der Waals surface area contributed by atoms with Gasteiger partial charge in [-0.1, -0.05) is 13.8 Å². The number of nitrogens with two attached hydrogens (primary N) is 1. The number of hydrogen-bond donors (Lipinski definition) is 2. The van der Waals surface area contributed by atoms with Gasteiger partial charge < -0.3 is 24.7 Å². The predicted molar refractivity (Wildman–Crippen MR) is 91.3 cm³/mol. The van der Waals surface area contributed by atoms with Crippen molar-refractivity contribution in [2.45, 2.75) is 52.7 Å². The van der Waals surface area contributed by atoms with Crippen LogP contribution in [0.1, 0.15) is 67.7 Å². The molecule has 3 rings (SSSR count). The molecule has 1 aliphatic heterocycles. The van der Waals surface area contributed by atoms with Crippen molar-refractivity contribution in [1.82, 2.24) is 24.6 Å². The average molecular weight is 364 g/mol. The van der Waals surface area contributed by atoms with Gasteiger partial charge in [0.25, 0.3) is 11.9 Å². The molecule has 3 heterocycles. The van der Waals surface area contributed by atoms with E-state index < -0.39 is 5.97 Å². The Kier molecular flexibility index (Phi) is 6.09. The maximum absolute atomic E-state index is 12.5. The fourth-order valence-corrected chi connectivity index (χ4v) is 2.77. The number of aromatic nitrogens is 4. The molecule has 0 radical (unpaired) electrons. The summed E-state index contributed by atoms with van der Waals surface area (Å²) in [5.41, 5.74) is 5.74. The molecule has 0 saturated carbocycles. The molecule has 2 aromatic rings. The number of nitrogens with zero attached hydrogens (tertiary/aromatic N) is 5. The van der Waals surface area contributed by atoms with Gasteiger partial charge in [0, 0.05) is 19.4 Å². The number of fused-ring (bicyclic) bond motifs is 1. The van der Waals surface area contributed by atoms with Crippen LogP contribution in [-0.2, 0) is 17.9 Å². The lowest BCUT2D eigenvalue weighted by Crippen LogP contribution is -2.41. The predicted octanol–water partition coefficient (Wildman–Crippen LogP) is 1.16. The molecular weight excluding hydrogens is 340 g/mol. The van der Waals surface area contributed by atoms with Gasteiger partial charge in [-0.05, 0) is 6.92 Å². The lowest BCUT2D eigenvalue weighted by atomic mass is 10.1. The minimum atomic E-state index is -0.833. The number of amides is 1. The van der Waals surface area contributed by atoms with E-state index in [-0.39, 0.29) is 24.2 Å². The monoisotopic (exact) mass is 364 g/mol. The summed E-state index contributed by atoms with van der Waals surface area (Å²) >= 11 is 0. The van der Waals surface area contributed by atoms with Crippen LogP contribution in [-0.4, -0.2) is 48.2 Å². The number of oxazole rings is 1. The van der Waals surface area contributed by atoms with Crippen LogP contribution in [0.3, 0.4) is 0 Å². The number of carboxylic acid groups (broad SMARTS) is 1. The highest BCUT2D eigenvalue weighted by Crippen LogP contribution is 2.25. The fourth-order valence-electron chi connectivity index (χ4n) is 2.77. The highest BCUT2D eigenvalue weighted by Gasteiger charge is 2.31. The van der Waals surface area contributed by atoms with E-state index in [0.717, 1.165) is 18.6 Å². The highest BCUT2D eigenvalue weighted by atomic mass is 16.4. The highest BCUT2D eigenvalue weighted by molar-refractivity contribution is 5.92. The van der Waals surface area contributed by atoms with Crippen molar-refractivity contribution >= 4 is 11.9 Å². The summed E-state index contributed by atoms with van der Waals surface area (Å²) in [5.74, 6) is 1.42. The third-order valence-electron chi connectivity index (χ3n) is 3.80. The van der Waals surface area contributed by atoms with Crippen LogP contribution in [0.25, 0.3) is 0 Å². The molecule has 0 aromatic carbocycles. The van der Waals surface area contributed by atoms with Crippen molar-refractivity contribution < 1.29 is 19.1 Å². The largest absolute Gasteiger partial charge is 0.481 e. The second-order valence-corrected chi connectivity index (χ2v) is 6.38. The second-order valence-electron chi connectivity index (χ2n) is 6.38. The topological polar surface area (TPSA) is 140 Å². The van der Waals surface area contributed by atoms with Gasteiger partial charge in [-0.25, -0.2) is 4.98 Å². The fraction of sp³-hybridized carbons (Fsp3) is 0.562. The van der Waals surface area contributed by atoms with Crippen LogP contribution < -0.4 is 5.73 Å². The van der Waals surface area contributed by atoms with Crippen LogP contribution in [0.15, 0.2) is 10.7 Å². The zero-order valence-electron chi connectivity index (χ0n) is 15.3. The van der Waals surface area contributed by atoms with E-state index >= 15 is 0 Å². The van der Waals surface area contributed by atoms with E-state index in [0.29, 0.717) is 24.9 Å². The van der Waals surface area contributed by atoms with E-state index in [9.17, 15) is 4.79 Å². The Balaban J connectivity index is 0.000000552. The molecule has 1 atom stereocenters. The average Bonchev–Trinajstić information content (AvgIpc) is 3.20. The summed E-state index contributed by atoms with van der Waals surface area (Å²) in [7, 11) is 0. The quantitative estimate of drug-likeness (QED) is 0.826. The smallest absolute Gasteiger partial charge is 0.300 e. The summed E-state index contributed by atoms with van der Waals surface area (Å²) in [6.45, 7) is 8.51. The number of carbonyl (C=O) groups excluding carboxylic acids is 1.